The van der Waals surface area contributed by atoms with Crippen LogP contribution in [0.1, 0.15) is 34.8 Å². The van der Waals surface area contributed by atoms with Crippen LogP contribution in [-0.2, 0) is 10.0 Å². The van der Waals surface area contributed by atoms with E-state index in [0.29, 0.717) is 18.0 Å². The molecule has 1 heterocycles. The highest BCUT2D eigenvalue weighted by atomic mass is 35.5. The van der Waals surface area contributed by atoms with Crippen LogP contribution >= 0.6 is 11.6 Å². The number of hydrogen-bond acceptors (Lipinski definition) is 5. The highest BCUT2D eigenvalue weighted by Gasteiger charge is 2.34. The van der Waals surface area contributed by atoms with Crippen LogP contribution in [0.5, 0.6) is 11.5 Å². The maximum Gasteiger partial charge on any atom is 0.255 e. The van der Waals surface area contributed by atoms with Crippen LogP contribution in [0.3, 0.4) is 0 Å². The van der Waals surface area contributed by atoms with Crippen molar-refractivity contribution in [2.45, 2.75) is 23.8 Å². The quantitative estimate of drug-likeness (QED) is 0.669. The molecular formula is C21H25ClN2O5S. The van der Waals surface area contributed by atoms with E-state index in [1.54, 1.807) is 25.2 Å². The van der Waals surface area contributed by atoms with Gasteiger partial charge in [0.25, 0.3) is 5.91 Å². The fourth-order valence-electron chi connectivity index (χ4n) is 3.62. The fraction of sp³-hybridized carbons (Fsp3) is 0.381. The number of carbonyl (C=O) groups is 1. The minimum Gasteiger partial charge on any atom is -0.497 e. The smallest absolute Gasteiger partial charge is 0.255 e. The van der Waals surface area contributed by atoms with Crippen LogP contribution in [0.15, 0.2) is 41.3 Å². The molecule has 1 aliphatic rings. The van der Waals surface area contributed by atoms with Crippen LogP contribution in [-0.4, -0.2) is 58.4 Å². The maximum atomic E-state index is 13.4. The molecule has 2 aromatic carbocycles. The van der Waals surface area contributed by atoms with E-state index in [9.17, 15) is 13.2 Å². The second-order valence-corrected chi connectivity index (χ2v) is 9.75. The zero-order valence-electron chi connectivity index (χ0n) is 17.4. The predicted octanol–water partition coefficient (Wildman–Crippen LogP) is 3.58. The molecule has 0 bridgehead atoms. The third-order valence-corrected chi connectivity index (χ3v) is 7.40. The zero-order valence-corrected chi connectivity index (χ0v) is 19.0. The molecule has 162 valence electrons. The Bertz CT molecular complexity index is 1060. The average Bonchev–Trinajstić information content (AvgIpc) is 3.22. The summed E-state index contributed by atoms with van der Waals surface area (Å²) < 4.78 is 36.9. The molecule has 9 heteroatoms. The van der Waals surface area contributed by atoms with Crippen LogP contribution in [0, 0.1) is 0 Å². The van der Waals surface area contributed by atoms with E-state index in [1.807, 2.05) is 12.1 Å². The summed E-state index contributed by atoms with van der Waals surface area (Å²) in [5.41, 5.74) is 1.04. The van der Waals surface area contributed by atoms with Crippen molar-refractivity contribution in [1.82, 2.24) is 9.21 Å². The Morgan fingerprint density at radius 3 is 2.50 bits per heavy atom. The molecule has 0 spiro atoms. The third kappa shape index (κ3) is 4.12. The molecule has 0 aliphatic carbocycles. The van der Waals surface area contributed by atoms with E-state index < -0.39 is 10.0 Å². The number of benzene rings is 2. The SMILES string of the molecule is COc1ccc(C2CCCN2C(=O)c2cc(S(=O)(=O)N(C)C)ccc2Cl)c(OC)c1. The molecule has 7 nitrogen and oxygen atoms in total. The van der Waals surface area contributed by atoms with Crippen molar-refractivity contribution in [3.05, 3.63) is 52.5 Å². The van der Waals surface area contributed by atoms with Crippen molar-refractivity contribution in [1.29, 1.82) is 0 Å². The summed E-state index contributed by atoms with van der Waals surface area (Å²) in [5.74, 6) is 0.987. The summed E-state index contributed by atoms with van der Waals surface area (Å²) in [6.45, 7) is 0.541. The summed E-state index contributed by atoms with van der Waals surface area (Å²) in [6.07, 6.45) is 1.58. The first-order valence-electron chi connectivity index (χ1n) is 9.45. The minimum atomic E-state index is -3.69. The van der Waals surface area contributed by atoms with Gasteiger partial charge in [0, 0.05) is 32.3 Å². The maximum absolute atomic E-state index is 13.4. The number of hydrogen-bond donors (Lipinski definition) is 0. The molecule has 0 saturated carbocycles. The van der Waals surface area contributed by atoms with Gasteiger partial charge in [-0.3, -0.25) is 4.79 Å². The van der Waals surface area contributed by atoms with Crippen molar-refractivity contribution >= 4 is 27.5 Å². The lowest BCUT2D eigenvalue weighted by Gasteiger charge is -2.27. The Balaban J connectivity index is 1.99. The molecule has 1 aliphatic heterocycles. The number of amides is 1. The van der Waals surface area contributed by atoms with Crippen LogP contribution in [0.4, 0.5) is 0 Å². The van der Waals surface area contributed by atoms with E-state index >= 15 is 0 Å². The number of ether oxygens (including phenoxy) is 2. The molecule has 1 unspecified atom stereocenters. The second-order valence-electron chi connectivity index (χ2n) is 7.19. The summed E-state index contributed by atoms with van der Waals surface area (Å²) in [5, 5.41) is 0.213. The molecule has 2 aromatic rings. The zero-order chi connectivity index (χ0) is 22.1. The number of methoxy groups -OCH3 is 2. The van der Waals surface area contributed by atoms with E-state index in [2.05, 4.69) is 0 Å². The molecule has 0 N–H and O–H groups in total. The lowest BCUT2D eigenvalue weighted by molar-refractivity contribution is 0.0734. The molecule has 30 heavy (non-hydrogen) atoms. The van der Waals surface area contributed by atoms with E-state index in [0.717, 1.165) is 22.7 Å². The van der Waals surface area contributed by atoms with Gasteiger partial charge in [-0.1, -0.05) is 11.6 Å². The van der Waals surface area contributed by atoms with Gasteiger partial charge in [0.1, 0.15) is 11.5 Å². The summed E-state index contributed by atoms with van der Waals surface area (Å²) in [4.78, 5) is 15.1. The lowest BCUT2D eigenvalue weighted by atomic mass is 10.0. The molecule has 0 radical (unpaired) electrons. The number of nitrogens with zero attached hydrogens (tertiary/aromatic N) is 2. The molecule has 1 fully saturated rings. The van der Waals surface area contributed by atoms with Gasteiger partial charge in [-0.05, 0) is 43.2 Å². The van der Waals surface area contributed by atoms with Crippen molar-refractivity contribution < 1.29 is 22.7 Å². The van der Waals surface area contributed by atoms with Crippen molar-refractivity contribution in [3.8, 4) is 11.5 Å². The van der Waals surface area contributed by atoms with Gasteiger partial charge in [0.15, 0.2) is 0 Å². The van der Waals surface area contributed by atoms with Gasteiger partial charge in [0.05, 0.1) is 35.7 Å². The number of carbonyl (C=O) groups excluding carboxylic acids is 1. The van der Waals surface area contributed by atoms with Crippen molar-refractivity contribution in [2.75, 3.05) is 34.9 Å². The summed E-state index contributed by atoms with van der Waals surface area (Å²) in [6, 6.07) is 9.50. The van der Waals surface area contributed by atoms with Gasteiger partial charge in [0.2, 0.25) is 10.0 Å². The molecule has 1 amide bonds. The van der Waals surface area contributed by atoms with Gasteiger partial charge in [-0.25, -0.2) is 12.7 Å². The average molecular weight is 453 g/mol. The van der Waals surface area contributed by atoms with E-state index in [4.69, 9.17) is 21.1 Å². The highest BCUT2D eigenvalue weighted by Crippen LogP contribution is 2.40. The largest absolute Gasteiger partial charge is 0.497 e. The minimum absolute atomic E-state index is 0.0259. The third-order valence-electron chi connectivity index (χ3n) is 5.26. The Morgan fingerprint density at radius 1 is 1.13 bits per heavy atom. The Morgan fingerprint density at radius 2 is 1.87 bits per heavy atom. The molecule has 1 saturated heterocycles. The first-order chi connectivity index (χ1) is 14.2. The Hall–Kier alpha value is -2.29. The number of halogens is 1. The lowest BCUT2D eigenvalue weighted by Crippen LogP contribution is -2.31. The summed E-state index contributed by atoms with van der Waals surface area (Å²) >= 11 is 6.29. The highest BCUT2D eigenvalue weighted by molar-refractivity contribution is 7.89. The van der Waals surface area contributed by atoms with E-state index in [1.165, 1.54) is 32.3 Å². The number of sulfonamides is 1. The van der Waals surface area contributed by atoms with Gasteiger partial charge >= 0.3 is 0 Å². The fourth-order valence-corrected chi connectivity index (χ4v) is 4.75. The molecular weight excluding hydrogens is 428 g/mol. The van der Waals surface area contributed by atoms with Gasteiger partial charge in [-0.2, -0.15) is 0 Å². The van der Waals surface area contributed by atoms with Crippen LogP contribution < -0.4 is 9.47 Å². The summed E-state index contributed by atoms with van der Waals surface area (Å²) in [7, 11) is 2.35. The molecule has 0 aromatic heterocycles. The van der Waals surface area contributed by atoms with Crippen LogP contribution in [0.25, 0.3) is 0 Å². The number of likely N-dealkylation sites (tertiary alicyclic amines) is 1. The van der Waals surface area contributed by atoms with E-state index in [-0.39, 0.29) is 27.4 Å². The first kappa shape index (κ1) is 22.4. The predicted molar refractivity (Wildman–Crippen MR) is 115 cm³/mol. The second kappa shape index (κ2) is 8.83. The monoisotopic (exact) mass is 452 g/mol. The standard InChI is InChI=1S/C21H25ClN2O5S/c1-23(2)30(26,27)15-8-10-18(22)17(13-15)21(25)24-11-5-6-19(24)16-9-7-14(28-3)12-20(16)29-4/h7-10,12-13,19H,5-6,11H2,1-4H3. The molecule has 1 atom stereocenters. The topological polar surface area (TPSA) is 76.2 Å². The normalized spacial score (nSPS) is 16.7. The number of rotatable bonds is 6. The Labute approximate surface area is 182 Å². The van der Waals surface area contributed by atoms with Gasteiger partial charge in [-0.15, -0.1) is 0 Å². The molecule has 3 rings (SSSR count). The van der Waals surface area contributed by atoms with Crippen molar-refractivity contribution in [2.24, 2.45) is 0 Å². The first-order valence-corrected chi connectivity index (χ1v) is 11.3. The van der Waals surface area contributed by atoms with Crippen LogP contribution in [0.2, 0.25) is 5.02 Å². The van der Waals surface area contributed by atoms with Gasteiger partial charge < -0.3 is 14.4 Å². The van der Waals surface area contributed by atoms with Crippen molar-refractivity contribution in [3.63, 3.8) is 0 Å². The Kier molecular flexibility index (Phi) is 6.59.